The van der Waals surface area contributed by atoms with Crippen LogP contribution < -0.4 is 0 Å². The zero-order valence-corrected chi connectivity index (χ0v) is 30.5. The highest BCUT2D eigenvalue weighted by molar-refractivity contribution is 8.03. The average molecular weight is 721 g/mol. The third-order valence-electron chi connectivity index (χ3n) is 11.4. The molecule has 55 heavy (non-hydrogen) atoms. The molecule has 0 N–H and O–H groups in total. The Hall–Kier alpha value is -6.69. The lowest BCUT2D eigenvalue weighted by molar-refractivity contribution is 0.784. The summed E-state index contributed by atoms with van der Waals surface area (Å²) < 4.78 is 4.68. The molecule has 1 unspecified atom stereocenters. The van der Waals surface area contributed by atoms with Crippen LogP contribution in [0.2, 0.25) is 0 Å². The van der Waals surface area contributed by atoms with Gasteiger partial charge in [0, 0.05) is 48.2 Å². The molecular weight excluding hydrogens is 689 g/mol. The zero-order chi connectivity index (χ0) is 36.0. The number of thioether (sulfide) groups is 1. The predicted molar refractivity (Wildman–Crippen MR) is 231 cm³/mol. The van der Waals surface area contributed by atoms with E-state index in [1.165, 1.54) is 75.8 Å². The van der Waals surface area contributed by atoms with Crippen molar-refractivity contribution in [3.63, 3.8) is 0 Å². The maximum absolute atomic E-state index is 5.39. The second-order valence-electron chi connectivity index (χ2n) is 14.5. The normalized spacial score (nSPS) is 16.1. The molecule has 4 nitrogen and oxygen atoms in total. The predicted octanol–water partition coefficient (Wildman–Crippen LogP) is 12.6. The summed E-state index contributed by atoms with van der Waals surface area (Å²) in [5.41, 5.74) is 14.1. The highest BCUT2D eigenvalue weighted by Crippen LogP contribution is 2.45. The maximum atomic E-state index is 5.39. The van der Waals surface area contributed by atoms with Gasteiger partial charge in [0.05, 0.1) is 33.8 Å². The Morgan fingerprint density at radius 1 is 0.509 bits per heavy atom. The third-order valence-corrected chi connectivity index (χ3v) is 12.6. The molecule has 2 aliphatic heterocycles. The SMILES string of the molecule is C1=CC2=C3C(=NC(n4c5ccccc5c5cc(-c6ccc7c(c6)c6ccccc6n7-c6cccc(-c7ccccc7)c6)ccc54)=NC3C1)c1ccccc1S2. The third kappa shape index (κ3) is 4.66. The van der Waals surface area contributed by atoms with Crippen molar-refractivity contribution in [3.05, 3.63) is 192 Å². The van der Waals surface area contributed by atoms with Gasteiger partial charge in [-0.1, -0.05) is 133 Å². The van der Waals surface area contributed by atoms with E-state index in [9.17, 15) is 0 Å². The summed E-state index contributed by atoms with van der Waals surface area (Å²) in [7, 11) is 0. The van der Waals surface area contributed by atoms with Gasteiger partial charge < -0.3 is 4.57 Å². The molecule has 0 fully saturated rings. The van der Waals surface area contributed by atoms with Crippen LogP contribution in [0, 0.1) is 0 Å². The van der Waals surface area contributed by atoms with Crippen molar-refractivity contribution in [3.8, 4) is 27.9 Å². The van der Waals surface area contributed by atoms with Crippen LogP contribution in [-0.2, 0) is 0 Å². The van der Waals surface area contributed by atoms with E-state index in [-0.39, 0.29) is 6.04 Å². The van der Waals surface area contributed by atoms with Crippen molar-refractivity contribution in [2.24, 2.45) is 9.98 Å². The fourth-order valence-corrected chi connectivity index (χ4v) is 10.1. The Bertz CT molecular complexity index is 3210. The van der Waals surface area contributed by atoms with E-state index in [0.717, 1.165) is 34.8 Å². The first kappa shape index (κ1) is 30.7. The Balaban J connectivity index is 1.01. The maximum Gasteiger partial charge on any atom is 0.231 e. The van der Waals surface area contributed by atoms with E-state index < -0.39 is 0 Å². The first-order chi connectivity index (χ1) is 27.3. The number of nitrogens with zero attached hydrogens (tertiary/aromatic N) is 4. The van der Waals surface area contributed by atoms with Gasteiger partial charge in [0.2, 0.25) is 5.96 Å². The van der Waals surface area contributed by atoms with Crippen LogP contribution in [0.25, 0.3) is 71.6 Å². The van der Waals surface area contributed by atoms with Gasteiger partial charge in [0.1, 0.15) is 0 Å². The molecule has 7 aromatic carbocycles. The molecule has 3 aliphatic rings. The summed E-state index contributed by atoms with van der Waals surface area (Å²) in [5.74, 6) is 0.754. The summed E-state index contributed by atoms with van der Waals surface area (Å²) in [6, 6.07) is 59.4. The molecule has 2 aromatic heterocycles. The molecule has 0 radical (unpaired) electrons. The molecule has 0 spiro atoms. The summed E-state index contributed by atoms with van der Waals surface area (Å²) in [6.45, 7) is 0. The monoisotopic (exact) mass is 720 g/mol. The van der Waals surface area contributed by atoms with E-state index in [0.29, 0.717) is 0 Å². The van der Waals surface area contributed by atoms with Gasteiger partial charge >= 0.3 is 0 Å². The molecule has 0 saturated heterocycles. The number of benzene rings is 7. The molecule has 1 aliphatic carbocycles. The van der Waals surface area contributed by atoms with E-state index in [1.807, 2.05) is 11.8 Å². The van der Waals surface area contributed by atoms with Crippen LogP contribution in [0.3, 0.4) is 0 Å². The minimum absolute atomic E-state index is 0.0495. The quantitative estimate of drug-likeness (QED) is 0.179. The fourth-order valence-electron chi connectivity index (χ4n) is 8.92. The van der Waals surface area contributed by atoms with Gasteiger partial charge in [0.25, 0.3) is 0 Å². The van der Waals surface area contributed by atoms with Crippen LogP contribution in [0.15, 0.2) is 201 Å². The molecule has 258 valence electrons. The number of hydrogen-bond donors (Lipinski definition) is 0. The molecule has 0 amide bonds. The number of aliphatic imine (C=N–C) groups is 2. The van der Waals surface area contributed by atoms with Crippen molar-refractivity contribution < 1.29 is 0 Å². The van der Waals surface area contributed by atoms with Crippen LogP contribution in [0.1, 0.15) is 12.0 Å². The largest absolute Gasteiger partial charge is 0.309 e. The zero-order valence-electron chi connectivity index (χ0n) is 29.7. The Morgan fingerprint density at radius 2 is 1.13 bits per heavy atom. The van der Waals surface area contributed by atoms with Crippen LogP contribution in [0.5, 0.6) is 0 Å². The van der Waals surface area contributed by atoms with E-state index in [1.54, 1.807) is 0 Å². The Morgan fingerprint density at radius 3 is 1.91 bits per heavy atom. The van der Waals surface area contributed by atoms with Gasteiger partial charge in [0.15, 0.2) is 0 Å². The highest BCUT2D eigenvalue weighted by Gasteiger charge is 2.34. The standard InChI is InChI=1S/C50H32N4S/c1-2-12-31(13-3-1)32-14-10-15-35(28-32)53-42-20-7-4-16-36(42)39-29-33(24-26-44(39)53)34-25-27-45-40(30-34)37-17-5-8-21-43(37)54(45)50-51-41-19-11-23-47-48(41)49(52-50)38-18-6-9-22-46(38)55-47/h1-18,20-30,41H,19H2. The number of hydrogen-bond acceptors (Lipinski definition) is 3. The minimum Gasteiger partial charge on any atom is -0.309 e. The molecule has 5 heteroatoms. The number of rotatable bonds is 3. The molecule has 12 rings (SSSR count). The second-order valence-corrected chi connectivity index (χ2v) is 15.6. The number of allylic oxidation sites excluding steroid dienone is 1. The molecule has 1 atom stereocenters. The second kappa shape index (κ2) is 11.9. The lowest BCUT2D eigenvalue weighted by atomic mass is 9.90. The topological polar surface area (TPSA) is 34.6 Å². The average Bonchev–Trinajstić information content (AvgIpc) is 3.76. The molecule has 0 bridgehead atoms. The summed E-state index contributed by atoms with van der Waals surface area (Å²) in [5, 5.41) is 4.88. The fraction of sp³-hybridized carbons (Fsp3) is 0.0400. The van der Waals surface area contributed by atoms with Crippen molar-refractivity contribution >= 4 is 67.0 Å². The number of para-hydroxylation sites is 2. The van der Waals surface area contributed by atoms with Crippen molar-refractivity contribution in [1.29, 1.82) is 0 Å². The van der Waals surface area contributed by atoms with Crippen LogP contribution >= 0.6 is 11.8 Å². The first-order valence-corrected chi connectivity index (χ1v) is 19.7. The van der Waals surface area contributed by atoms with E-state index >= 15 is 0 Å². The van der Waals surface area contributed by atoms with Crippen LogP contribution in [-0.4, -0.2) is 26.8 Å². The van der Waals surface area contributed by atoms with Gasteiger partial charge in [-0.15, -0.1) is 0 Å². The highest BCUT2D eigenvalue weighted by atomic mass is 32.2. The Kier molecular flexibility index (Phi) is 6.65. The number of fused-ring (bicyclic) bond motifs is 8. The minimum atomic E-state index is 0.0495. The lowest BCUT2D eigenvalue weighted by Gasteiger charge is -2.32. The van der Waals surface area contributed by atoms with E-state index in [2.05, 4.69) is 185 Å². The Labute approximate surface area is 322 Å². The molecule has 4 heterocycles. The van der Waals surface area contributed by atoms with Crippen molar-refractivity contribution in [2.75, 3.05) is 0 Å². The molecule has 9 aromatic rings. The van der Waals surface area contributed by atoms with Gasteiger partial charge in [-0.05, 0) is 83.3 Å². The van der Waals surface area contributed by atoms with Gasteiger partial charge in [-0.3, -0.25) is 4.57 Å². The van der Waals surface area contributed by atoms with Gasteiger partial charge in [-0.2, -0.15) is 0 Å². The van der Waals surface area contributed by atoms with Crippen molar-refractivity contribution in [1.82, 2.24) is 9.13 Å². The lowest BCUT2D eigenvalue weighted by Crippen LogP contribution is -2.31. The number of aromatic nitrogens is 2. The van der Waals surface area contributed by atoms with Gasteiger partial charge in [-0.25, -0.2) is 9.98 Å². The summed E-state index contributed by atoms with van der Waals surface area (Å²) in [6.07, 6.45) is 5.40. The van der Waals surface area contributed by atoms with E-state index in [4.69, 9.17) is 9.98 Å². The van der Waals surface area contributed by atoms with Crippen molar-refractivity contribution in [2.45, 2.75) is 17.4 Å². The molecule has 0 saturated carbocycles. The molecular formula is C50H32N4S. The smallest absolute Gasteiger partial charge is 0.231 e. The summed E-state index contributed by atoms with van der Waals surface area (Å²) in [4.78, 5) is 13.3. The first-order valence-electron chi connectivity index (χ1n) is 18.8. The summed E-state index contributed by atoms with van der Waals surface area (Å²) >= 11 is 1.84. The van der Waals surface area contributed by atoms with Crippen LogP contribution in [0.4, 0.5) is 0 Å².